The van der Waals surface area contributed by atoms with Crippen molar-refractivity contribution in [2.24, 2.45) is 0 Å². The highest BCUT2D eigenvalue weighted by molar-refractivity contribution is 5.64. The van der Waals surface area contributed by atoms with E-state index in [1.165, 1.54) is 31.9 Å². The van der Waals surface area contributed by atoms with E-state index in [-0.39, 0.29) is 5.82 Å². The fourth-order valence-electron chi connectivity index (χ4n) is 3.64. The summed E-state index contributed by atoms with van der Waals surface area (Å²) >= 11 is 0. The quantitative estimate of drug-likeness (QED) is 0.851. The number of methoxy groups -OCH3 is 1. The third-order valence-electron chi connectivity index (χ3n) is 4.80. The maximum atomic E-state index is 14.4. The first-order chi connectivity index (χ1) is 10.1. The van der Waals surface area contributed by atoms with Gasteiger partial charge in [0.1, 0.15) is 11.6 Å². The summed E-state index contributed by atoms with van der Waals surface area (Å²) < 4.78 is 19.6. The van der Waals surface area contributed by atoms with Gasteiger partial charge in [-0.05, 0) is 26.3 Å². The second kappa shape index (κ2) is 5.72. The Morgan fingerprint density at radius 3 is 2.86 bits per heavy atom. The first-order valence-electron chi connectivity index (χ1n) is 7.74. The third-order valence-corrected chi connectivity index (χ3v) is 4.80. The molecular formula is C16H24FN3O. The molecule has 2 atom stereocenters. The Balaban J connectivity index is 1.88. The van der Waals surface area contributed by atoms with Crippen LogP contribution in [0.15, 0.2) is 12.1 Å². The minimum atomic E-state index is -0.260. The Hall–Kier alpha value is -1.49. The molecule has 2 aliphatic rings. The molecular weight excluding hydrogens is 269 g/mol. The number of ether oxygens (including phenoxy) is 1. The highest BCUT2D eigenvalue weighted by Crippen LogP contribution is 2.34. The Morgan fingerprint density at radius 2 is 2.10 bits per heavy atom. The molecule has 0 spiro atoms. The molecule has 0 radical (unpaired) electrons. The fourth-order valence-corrected chi connectivity index (χ4v) is 3.64. The second-order valence-corrected chi connectivity index (χ2v) is 6.19. The number of hydrogen-bond donors (Lipinski definition) is 1. The van der Waals surface area contributed by atoms with Gasteiger partial charge in [0, 0.05) is 37.3 Å². The lowest BCUT2D eigenvalue weighted by atomic mass is 9.96. The summed E-state index contributed by atoms with van der Waals surface area (Å²) in [6.45, 7) is 5.21. The van der Waals surface area contributed by atoms with E-state index >= 15 is 0 Å². The summed E-state index contributed by atoms with van der Waals surface area (Å²) in [5.41, 5.74) is 6.74. The van der Waals surface area contributed by atoms with Crippen LogP contribution in [0.3, 0.4) is 0 Å². The molecule has 2 unspecified atom stereocenters. The van der Waals surface area contributed by atoms with Crippen molar-refractivity contribution in [3.05, 3.63) is 17.9 Å². The zero-order valence-corrected chi connectivity index (χ0v) is 12.8. The van der Waals surface area contributed by atoms with Crippen molar-refractivity contribution in [2.45, 2.75) is 38.3 Å². The summed E-state index contributed by atoms with van der Waals surface area (Å²) in [5, 5.41) is 0. The Kier molecular flexibility index (Phi) is 3.93. The van der Waals surface area contributed by atoms with Crippen molar-refractivity contribution in [3.8, 4) is 5.75 Å². The third kappa shape index (κ3) is 2.67. The van der Waals surface area contributed by atoms with E-state index in [0.717, 1.165) is 13.1 Å². The standard InChI is InChI=1S/C16H24FN3O/c1-11-9-19-6-4-3-5-12(19)10-20(11)15-8-16(21-2)14(18)7-13(15)17/h7-8,11-12H,3-6,9-10,18H2,1-2H3. The Morgan fingerprint density at radius 1 is 1.29 bits per heavy atom. The molecule has 0 bridgehead atoms. The van der Waals surface area contributed by atoms with Crippen molar-refractivity contribution in [2.75, 3.05) is 37.4 Å². The van der Waals surface area contributed by atoms with Gasteiger partial charge in [0.25, 0.3) is 0 Å². The van der Waals surface area contributed by atoms with Crippen LogP contribution >= 0.6 is 0 Å². The van der Waals surface area contributed by atoms with E-state index in [4.69, 9.17) is 10.5 Å². The van der Waals surface area contributed by atoms with Gasteiger partial charge in [0.05, 0.1) is 18.5 Å². The topological polar surface area (TPSA) is 41.7 Å². The van der Waals surface area contributed by atoms with Crippen molar-refractivity contribution in [3.63, 3.8) is 0 Å². The monoisotopic (exact) mass is 293 g/mol. The number of hydrogen-bond acceptors (Lipinski definition) is 4. The molecule has 4 nitrogen and oxygen atoms in total. The molecule has 21 heavy (non-hydrogen) atoms. The van der Waals surface area contributed by atoms with E-state index < -0.39 is 0 Å². The molecule has 2 aliphatic heterocycles. The van der Waals surface area contributed by atoms with Crippen molar-refractivity contribution in [1.29, 1.82) is 0 Å². The summed E-state index contributed by atoms with van der Waals surface area (Å²) in [5.74, 6) is 0.286. The molecule has 5 heteroatoms. The van der Waals surface area contributed by atoms with E-state index in [1.807, 2.05) is 0 Å². The van der Waals surface area contributed by atoms with Gasteiger partial charge in [0.2, 0.25) is 0 Å². The highest BCUT2D eigenvalue weighted by atomic mass is 19.1. The number of anilines is 2. The van der Waals surface area contributed by atoms with Gasteiger partial charge >= 0.3 is 0 Å². The van der Waals surface area contributed by atoms with E-state index in [1.54, 1.807) is 13.2 Å². The smallest absolute Gasteiger partial charge is 0.148 e. The molecule has 0 aromatic heterocycles. The Bertz CT molecular complexity index is 522. The molecule has 0 amide bonds. The molecule has 2 fully saturated rings. The molecule has 1 aromatic rings. The van der Waals surface area contributed by atoms with Crippen LogP contribution in [-0.4, -0.2) is 43.7 Å². The van der Waals surface area contributed by atoms with Gasteiger partial charge < -0.3 is 15.4 Å². The number of nitrogen functional groups attached to an aromatic ring is 1. The van der Waals surface area contributed by atoms with E-state index in [0.29, 0.717) is 29.2 Å². The minimum Gasteiger partial charge on any atom is -0.495 e. The normalized spacial score (nSPS) is 26.5. The van der Waals surface area contributed by atoms with Gasteiger partial charge in [-0.1, -0.05) is 6.42 Å². The van der Waals surface area contributed by atoms with Crippen molar-refractivity contribution in [1.82, 2.24) is 4.90 Å². The fraction of sp³-hybridized carbons (Fsp3) is 0.625. The molecule has 0 aliphatic carbocycles. The van der Waals surface area contributed by atoms with Gasteiger partial charge in [-0.2, -0.15) is 0 Å². The van der Waals surface area contributed by atoms with Crippen molar-refractivity contribution < 1.29 is 9.13 Å². The number of nitrogens with two attached hydrogens (primary N) is 1. The number of piperazine rings is 1. The summed E-state index contributed by atoms with van der Waals surface area (Å²) in [6.07, 6.45) is 3.77. The van der Waals surface area contributed by atoms with Crippen LogP contribution in [0.1, 0.15) is 26.2 Å². The molecule has 2 saturated heterocycles. The predicted octanol–water partition coefficient (Wildman–Crippen LogP) is 2.48. The number of halogens is 1. The summed E-state index contributed by atoms with van der Waals surface area (Å²) in [6, 6.07) is 3.94. The molecule has 0 saturated carbocycles. The van der Waals surface area contributed by atoms with E-state index in [9.17, 15) is 4.39 Å². The van der Waals surface area contributed by atoms with Crippen LogP contribution < -0.4 is 15.4 Å². The molecule has 3 rings (SSSR count). The SMILES string of the molecule is COc1cc(N2CC3CCCCN3CC2C)c(F)cc1N. The van der Waals surface area contributed by atoms with Crippen LogP contribution in [0.25, 0.3) is 0 Å². The zero-order chi connectivity index (χ0) is 15.0. The average molecular weight is 293 g/mol. The van der Waals surface area contributed by atoms with Crippen molar-refractivity contribution >= 4 is 11.4 Å². The maximum Gasteiger partial charge on any atom is 0.148 e. The second-order valence-electron chi connectivity index (χ2n) is 6.19. The lowest BCUT2D eigenvalue weighted by Crippen LogP contribution is -2.59. The van der Waals surface area contributed by atoms with E-state index in [2.05, 4.69) is 16.7 Å². The highest BCUT2D eigenvalue weighted by Gasteiger charge is 2.34. The maximum absolute atomic E-state index is 14.4. The van der Waals surface area contributed by atoms with Crippen LogP contribution in [0.2, 0.25) is 0 Å². The van der Waals surface area contributed by atoms with Gasteiger partial charge in [-0.3, -0.25) is 4.90 Å². The average Bonchev–Trinajstić information content (AvgIpc) is 2.47. The number of benzene rings is 1. The molecule has 1 aromatic carbocycles. The first-order valence-corrected chi connectivity index (χ1v) is 7.74. The van der Waals surface area contributed by atoms with Gasteiger partial charge in [0.15, 0.2) is 0 Å². The minimum absolute atomic E-state index is 0.260. The molecule has 2 heterocycles. The Labute approximate surface area is 125 Å². The predicted molar refractivity (Wildman–Crippen MR) is 83.4 cm³/mol. The zero-order valence-electron chi connectivity index (χ0n) is 12.8. The number of fused-ring (bicyclic) bond motifs is 1. The molecule has 116 valence electrons. The van der Waals surface area contributed by atoms with Crippen LogP contribution in [0, 0.1) is 5.82 Å². The summed E-state index contributed by atoms with van der Waals surface area (Å²) in [7, 11) is 1.57. The van der Waals surface area contributed by atoms with Crippen LogP contribution in [-0.2, 0) is 0 Å². The largest absolute Gasteiger partial charge is 0.495 e. The first kappa shape index (κ1) is 14.4. The van der Waals surface area contributed by atoms with Gasteiger partial charge in [-0.25, -0.2) is 4.39 Å². The number of piperidine rings is 1. The van der Waals surface area contributed by atoms with Gasteiger partial charge in [-0.15, -0.1) is 0 Å². The number of rotatable bonds is 2. The lowest BCUT2D eigenvalue weighted by Gasteiger charge is -2.48. The van der Waals surface area contributed by atoms with Crippen LogP contribution in [0.4, 0.5) is 15.8 Å². The lowest BCUT2D eigenvalue weighted by molar-refractivity contribution is 0.115. The molecule has 2 N–H and O–H groups in total. The number of nitrogens with zero attached hydrogens (tertiary/aromatic N) is 2. The van der Waals surface area contributed by atoms with Crippen LogP contribution in [0.5, 0.6) is 5.75 Å². The summed E-state index contributed by atoms with van der Waals surface area (Å²) in [4.78, 5) is 4.72.